The molecule has 3 nitrogen and oxygen atoms in total. The largest absolute Gasteiger partial charge is 0.483 e. The van der Waals surface area contributed by atoms with Crippen molar-refractivity contribution >= 4 is 16.7 Å². The van der Waals surface area contributed by atoms with E-state index in [2.05, 4.69) is 26.0 Å². The molecule has 3 heteroatoms. The Balaban J connectivity index is 1.72. The molecule has 2 aromatic rings. The molecule has 0 heterocycles. The molecule has 1 fully saturated rings. The Bertz CT molecular complexity index is 669. The number of ether oxygens (including phenoxy) is 1. The van der Waals surface area contributed by atoms with Crippen molar-refractivity contribution in [1.29, 1.82) is 0 Å². The summed E-state index contributed by atoms with van der Waals surface area (Å²) in [6, 6.07) is 14.7. The minimum Gasteiger partial charge on any atom is -0.483 e. The van der Waals surface area contributed by atoms with Crippen molar-refractivity contribution in [2.24, 2.45) is 0 Å². The molecule has 0 unspecified atom stereocenters. The summed E-state index contributed by atoms with van der Waals surface area (Å²) < 4.78 is 5.88. The molecule has 0 bridgehead atoms. The monoisotopic (exact) mass is 311 g/mol. The zero-order valence-corrected chi connectivity index (χ0v) is 14.0. The molecular weight excluding hydrogens is 286 g/mol. The van der Waals surface area contributed by atoms with Crippen LogP contribution < -0.4 is 4.74 Å². The van der Waals surface area contributed by atoms with Crippen molar-refractivity contribution in [2.45, 2.75) is 51.6 Å². The van der Waals surface area contributed by atoms with Crippen molar-refractivity contribution in [3.8, 4) is 5.75 Å². The minimum absolute atomic E-state index is 0.0971. The molecule has 2 aromatic carbocycles. The lowest BCUT2D eigenvalue weighted by atomic mass is 10.1. The number of benzene rings is 2. The van der Waals surface area contributed by atoms with E-state index in [1.165, 1.54) is 12.8 Å². The molecule has 0 radical (unpaired) electrons. The van der Waals surface area contributed by atoms with Crippen molar-refractivity contribution in [1.82, 2.24) is 4.90 Å². The molecule has 0 N–H and O–H groups in total. The van der Waals surface area contributed by atoms with Gasteiger partial charge in [0.05, 0.1) is 0 Å². The molecule has 0 atom stereocenters. The maximum absolute atomic E-state index is 12.7. The average Bonchev–Trinajstić information content (AvgIpc) is 3.06. The zero-order valence-electron chi connectivity index (χ0n) is 14.0. The summed E-state index contributed by atoms with van der Waals surface area (Å²) in [5.41, 5.74) is 0. The summed E-state index contributed by atoms with van der Waals surface area (Å²) >= 11 is 0. The van der Waals surface area contributed by atoms with Crippen LogP contribution in [0.1, 0.15) is 39.5 Å². The second-order valence-corrected chi connectivity index (χ2v) is 6.60. The van der Waals surface area contributed by atoms with Gasteiger partial charge in [-0.3, -0.25) is 4.79 Å². The van der Waals surface area contributed by atoms with Crippen LogP contribution in [-0.4, -0.2) is 29.5 Å². The van der Waals surface area contributed by atoms with E-state index in [1.54, 1.807) is 0 Å². The van der Waals surface area contributed by atoms with Gasteiger partial charge in [-0.25, -0.2) is 0 Å². The lowest BCUT2D eigenvalue weighted by molar-refractivity contribution is -0.137. The highest BCUT2D eigenvalue weighted by molar-refractivity contribution is 5.88. The fraction of sp³-hybridized carbons (Fsp3) is 0.450. The van der Waals surface area contributed by atoms with E-state index < -0.39 is 0 Å². The molecule has 1 aliphatic rings. The average molecular weight is 311 g/mol. The van der Waals surface area contributed by atoms with Gasteiger partial charge in [-0.1, -0.05) is 49.2 Å². The normalized spacial score (nSPS) is 15.3. The SMILES string of the molecule is CC(C)N(C(=O)COc1cccc2ccccc12)C1CCCC1. The fourth-order valence-electron chi connectivity index (χ4n) is 3.63. The molecule has 0 aliphatic heterocycles. The summed E-state index contributed by atoms with van der Waals surface area (Å²) in [6.45, 7) is 4.30. The van der Waals surface area contributed by atoms with E-state index in [0.29, 0.717) is 6.04 Å². The third-order valence-electron chi connectivity index (χ3n) is 4.66. The van der Waals surface area contributed by atoms with Crippen LogP contribution in [0.15, 0.2) is 42.5 Å². The Morgan fingerprint density at radius 1 is 1.13 bits per heavy atom. The van der Waals surface area contributed by atoms with Crippen LogP contribution >= 0.6 is 0 Å². The van der Waals surface area contributed by atoms with Gasteiger partial charge in [0.25, 0.3) is 5.91 Å². The van der Waals surface area contributed by atoms with Gasteiger partial charge in [0.15, 0.2) is 6.61 Å². The summed E-state index contributed by atoms with van der Waals surface area (Å²) in [6.07, 6.45) is 4.70. The van der Waals surface area contributed by atoms with Crippen molar-refractivity contribution in [3.63, 3.8) is 0 Å². The Morgan fingerprint density at radius 3 is 2.57 bits per heavy atom. The molecule has 23 heavy (non-hydrogen) atoms. The van der Waals surface area contributed by atoms with Crippen LogP contribution in [0, 0.1) is 0 Å². The first kappa shape index (κ1) is 15.9. The standard InChI is InChI=1S/C20H25NO2/c1-15(2)21(17-10-4-5-11-17)20(22)14-23-19-13-7-9-16-8-3-6-12-18(16)19/h3,6-9,12-13,15,17H,4-5,10-11,14H2,1-2H3. The number of hydrogen-bond acceptors (Lipinski definition) is 2. The van der Waals surface area contributed by atoms with E-state index in [9.17, 15) is 4.79 Å². The first-order chi connectivity index (χ1) is 11.2. The van der Waals surface area contributed by atoms with E-state index in [4.69, 9.17) is 4.74 Å². The maximum atomic E-state index is 12.7. The number of hydrogen-bond donors (Lipinski definition) is 0. The highest BCUT2D eigenvalue weighted by Crippen LogP contribution is 2.27. The highest BCUT2D eigenvalue weighted by Gasteiger charge is 2.28. The molecule has 0 aromatic heterocycles. The molecule has 122 valence electrons. The third-order valence-corrected chi connectivity index (χ3v) is 4.66. The first-order valence-electron chi connectivity index (χ1n) is 8.58. The van der Waals surface area contributed by atoms with Crippen LogP contribution in [0.4, 0.5) is 0 Å². The van der Waals surface area contributed by atoms with E-state index >= 15 is 0 Å². The summed E-state index contributed by atoms with van der Waals surface area (Å²) in [4.78, 5) is 14.7. The quantitative estimate of drug-likeness (QED) is 0.819. The van der Waals surface area contributed by atoms with Gasteiger partial charge in [-0.15, -0.1) is 0 Å². The van der Waals surface area contributed by atoms with Gasteiger partial charge in [0.2, 0.25) is 0 Å². The smallest absolute Gasteiger partial charge is 0.260 e. The molecule has 1 amide bonds. The molecular formula is C20H25NO2. The summed E-state index contributed by atoms with van der Waals surface area (Å²) in [7, 11) is 0. The number of fused-ring (bicyclic) bond motifs is 1. The van der Waals surface area contributed by atoms with Crippen molar-refractivity contribution in [3.05, 3.63) is 42.5 Å². The zero-order chi connectivity index (χ0) is 16.2. The Kier molecular flexibility index (Phi) is 4.85. The lowest BCUT2D eigenvalue weighted by Gasteiger charge is -2.32. The van der Waals surface area contributed by atoms with Gasteiger partial charge >= 0.3 is 0 Å². The second-order valence-electron chi connectivity index (χ2n) is 6.60. The van der Waals surface area contributed by atoms with E-state index in [1.807, 2.05) is 35.2 Å². The molecule has 0 saturated heterocycles. The van der Waals surface area contributed by atoms with Crippen molar-refractivity contribution < 1.29 is 9.53 Å². The predicted octanol–water partition coefficient (Wildman–Crippen LogP) is 4.40. The van der Waals surface area contributed by atoms with Gasteiger partial charge in [-0.05, 0) is 38.1 Å². The number of amides is 1. The number of carbonyl (C=O) groups is 1. The fourth-order valence-corrected chi connectivity index (χ4v) is 3.63. The van der Waals surface area contributed by atoms with Gasteiger partial charge in [0.1, 0.15) is 5.75 Å². The van der Waals surface area contributed by atoms with E-state index in [-0.39, 0.29) is 18.6 Å². The first-order valence-corrected chi connectivity index (χ1v) is 8.58. The van der Waals surface area contributed by atoms with Crippen LogP contribution in [0.2, 0.25) is 0 Å². The van der Waals surface area contributed by atoms with Gasteiger partial charge in [0, 0.05) is 17.5 Å². The third kappa shape index (κ3) is 3.49. The number of rotatable bonds is 5. The topological polar surface area (TPSA) is 29.5 Å². The van der Waals surface area contributed by atoms with Crippen molar-refractivity contribution in [2.75, 3.05) is 6.61 Å². The van der Waals surface area contributed by atoms with E-state index in [0.717, 1.165) is 29.4 Å². The Morgan fingerprint density at radius 2 is 1.83 bits per heavy atom. The molecule has 3 rings (SSSR count). The predicted molar refractivity (Wildman–Crippen MR) is 93.7 cm³/mol. The van der Waals surface area contributed by atoms with Crippen LogP contribution in [0.3, 0.4) is 0 Å². The lowest BCUT2D eigenvalue weighted by Crippen LogP contribution is -2.45. The Labute approximate surface area is 138 Å². The summed E-state index contributed by atoms with van der Waals surface area (Å²) in [5.74, 6) is 0.881. The van der Waals surface area contributed by atoms with Crippen LogP contribution in [0.5, 0.6) is 5.75 Å². The number of nitrogens with zero attached hydrogens (tertiary/aromatic N) is 1. The minimum atomic E-state index is 0.0971. The highest BCUT2D eigenvalue weighted by atomic mass is 16.5. The van der Waals surface area contributed by atoms with Gasteiger partial charge < -0.3 is 9.64 Å². The van der Waals surface area contributed by atoms with Crippen LogP contribution in [-0.2, 0) is 4.79 Å². The maximum Gasteiger partial charge on any atom is 0.260 e. The van der Waals surface area contributed by atoms with Gasteiger partial charge in [-0.2, -0.15) is 0 Å². The Hall–Kier alpha value is -2.03. The van der Waals surface area contributed by atoms with Crippen LogP contribution in [0.25, 0.3) is 10.8 Å². The molecule has 1 aliphatic carbocycles. The number of carbonyl (C=O) groups excluding carboxylic acids is 1. The second kappa shape index (κ2) is 7.03. The summed E-state index contributed by atoms with van der Waals surface area (Å²) in [5, 5.41) is 2.19. The molecule has 0 spiro atoms. The molecule has 1 saturated carbocycles.